The summed E-state index contributed by atoms with van der Waals surface area (Å²) in [5.74, 6) is 0.787. The number of para-hydroxylation sites is 1. The van der Waals surface area contributed by atoms with E-state index in [0.717, 1.165) is 67.6 Å². The molecule has 0 amide bonds. The van der Waals surface area contributed by atoms with Gasteiger partial charge < -0.3 is 10.3 Å². The molecule has 2 aromatic rings. The van der Waals surface area contributed by atoms with Crippen molar-refractivity contribution in [1.29, 1.82) is 0 Å². The topological polar surface area (TPSA) is 77.3 Å². The Balaban J connectivity index is 1.44. The Kier molecular flexibility index (Phi) is 4.04. The highest BCUT2D eigenvalue weighted by atomic mass is 15.1. The van der Waals surface area contributed by atoms with Gasteiger partial charge in [0.2, 0.25) is 0 Å². The SMILES string of the molecule is C1=CC2=NC1=CC1=NC(=Cc3cc(=C4N=Cc5ccccc5N4)c([nH]3)=CC3=NC(=C2)C=C3)C=C1. The van der Waals surface area contributed by atoms with E-state index in [4.69, 9.17) is 15.0 Å². The van der Waals surface area contributed by atoms with E-state index >= 15 is 0 Å². The molecule has 0 spiro atoms. The summed E-state index contributed by atoms with van der Waals surface area (Å²) >= 11 is 0. The monoisotopic (exact) mass is 438 g/mol. The molecule has 0 fully saturated rings. The van der Waals surface area contributed by atoms with Gasteiger partial charge in [0.15, 0.2) is 0 Å². The van der Waals surface area contributed by atoms with Gasteiger partial charge in [-0.15, -0.1) is 0 Å². The minimum absolute atomic E-state index is 0.787. The second kappa shape index (κ2) is 7.35. The first-order chi connectivity index (χ1) is 16.7. The highest BCUT2D eigenvalue weighted by Gasteiger charge is 2.12. The number of nitrogens with zero attached hydrogens (tertiary/aromatic N) is 4. The molecule has 6 heteroatoms. The number of rotatable bonds is 0. The van der Waals surface area contributed by atoms with Crippen LogP contribution in [0.4, 0.5) is 5.69 Å². The summed E-state index contributed by atoms with van der Waals surface area (Å²) in [5.41, 5.74) is 8.27. The zero-order valence-electron chi connectivity index (χ0n) is 18.0. The molecule has 0 saturated heterocycles. The number of hydrogen-bond donors (Lipinski definition) is 2. The van der Waals surface area contributed by atoms with E-state index in [1.54, 1.807) is 0 Å². The second-order valence-corrected chi connectivity index (χ2v) is 8.33. The van der Waals surface area contributed by atoms with Gasteiger partial charge in [0, 0.05) is 28.4 Å². The van der Waals surface area contributed by atoms with Crippen LogP contribution < -0.4 is 15.9 Å². The normalized spacial score (nSPS) is 20.6. The van der Waals surface area contributed by atoms with Crippen LogP contribution in [0.2, 0.25) is 0 Å². The maximum atomic E-state index is 4.77. The number of benzene rings is 1. The van der Waals surface area contributed by atoms with Crippen LogP contribution in [-0.2, 0) is 0 Å². The van der Waals surface area contributed by atoms with Crippen molar-refractivity contribution in [1.82, 2.24) is 4.98 Å². The van der Waals surface area contributed by atoms with Crippen molar-refractivity contribution in [2.24, 2.45) is 20.0 Å². The fourth-order valence-corrected chi connectivity index (χ4v) is 4.31. The summed E-state index contributed by atoms with van der Waals surface area (Å²) in [5, 5.41) is 5.37. The smallest absolute Gasteiger partial charge is 0.139 e. The van der Waals surface area contributed by atoms with Crippen molar-refractivity contribution in [2.45, 2.75) is 0 Å². The Hall–Kier alpha value is -4.84. The molecule has 0 aliphatic carbocycles. The molecule has 5 aliphatic rings. The van der Waals surface area contributed by atoms with Crippen molar-refractivity contribution < 1.29 is 0 Å². The highest BCUT2D eigenvalue weighted by Crippen LogP contribution is 2.21. The first kappa shape index (κ1) is 18.7. The van der Waals surface area contributed by atoms with E-state index in [-0.39, 0.29) is 0 Å². The van der Waals surface area contributed by atoms with E-state index in [1.165, 1.54) is 0 Å². The number of hydrogen-bond acceptors (Lipinski definition) is 5. The van der Waals surface area contributed by atoms with Gasteiger partial charge in [0.05, 0.1) is 39.6 Å². The van der Waals surface area contributed by atoms with Gasteiger partial charge >= 0.3 is 0 Å². The number of nitrogens with one attached hydrogen (secondary N) is 2. The fourth-order valence-electron chi connectivity index (χ4n) is 4.31. The van der Waals surface area contributed by atoms with E-state index in [9.17, 15) is 0 Å². The Morgan fingerprint density at radius 1 is 0.647 bits per heavy atom. The Labute approximate surface area is 195 Å². The molecular weight excluding hydrogens is 420 g/mol. The summed E-state index contributed by atoms with van der Waals surface area (Å²) in [6.07, 6.45) is 22.0. The molecule has 0 unspecified atom stereocenters. The number of aromatic nitrogens is 1. The largest absolute Gasteiger partial charge is 0.355 e. The van der Waals surface area contributed by atoms with Crippen molar-refractivity contribution >= 4 is 47.0 Å². The summed E-state index contributed by atoms with van der Waals surface area (Å²) in [4.78, 5) is 22.4. The van der Waals surface area contributed by atoms with Crippen molar-refractivity contribution in [3.05, 3.63) is 118 Å². The van der Waals surface area contributed by atoms with Crippen LogP contribution in [0, 0.1) is 0 Å². The summed E-state index contributed by atoms with van der Waals surface area (Å²) in [7, 11) is 0. The van der Waals surface area contributed by atoms with Crippen LogP contribution >= 0.6 is 0 Å². The van der Waals surface area contributed by atoms with Gasteiger partial charge in [-0.25, -0.2) is 20.0 Å². The molecule has 7 rings (SSSR count). The van der Waals surface area contributed by atoms with Crippen LogP contribution in [0.15, 0.2) is 116 Å². The molecule has 6 heterocycles. The van der Waals surface area contributed by atoms with Gasteiger partial charge in [-0.1, -0.05) is 18.2 Å². The summed E-state index contributed by atoms with van der Waals surface area (Å²) < 4.78 is 0. The predicted molar refractivity (Wildman–Crippen MR) is 139 cm³/mol. The van der Waals surface area contributed by atoms with Crippen molar-refractivity contribution in [3.63, 3.8) is 0 Å². The minimum Gasteiger partial charge on any atom is -0.355 e. The zero-order chi connectivity index (χ0) is 22.5. The van der Waals surface area contributed by atoms with Crippen LogP contribution in [0.1, 0.15) is 11.3 Å². The molecule has 1 aromatic heterocycles. The van der Waals surface area contributed by atoms with E-state index in [2.05, 4.69) is 27.4 Å². The van der Waals surface area contributed by atoms with Gasteiger partial charge in [-0.05, 0) is 72.9 Å². The standard InChI is InChI=1S/C28H18N6/c1-2-4-26-17(3-1)16-29-28(34-26)25-14-24-13-22-8-7-20(31-22)11-18-5-6-19(30-18)12-21-9-10-23(32-21)15-27(25)33-24/h1-16,33-34H. The summed E-state index contributed by atoms with van der Waals surface area (Å²) in [6.45, 7) is 0. The second-order valence-electron chi connectivity index (χ2n) is 8.33. The van der Waals surface area contributed by atoms with Crippen molar-refractivity contribution in [3.8, 4) is 0 Å². The van der Waals surface area contributed by atoms with Crippen LogP contribution in [-0.4, -0.2) is 28.3 Å². The number of aliphatic imine (C=N–C) groups is 4. The third-order valence-electron chi connectivity index (χ3n) is 5.91. The van der Waals surface area contributed by atoms with Gasteiger partial charge in [0.25, 0.3) is 0 Å². The maximum absolute atomic E-state index is 4.77. The highest BCUT2D eigenvalue weighted by molar-refractivity contribution is 6.20. The van der Waals surface area contributed by atoms with Gasteiger partial charge in [-0.2, -0.15) is 0 Å². The molecule has 2 N–H and O–H groups in total. The molecule has 5 aliphatic heterocycles. The van der Waals surface area contributed by atoms with Crippen molar-refractivity contribution in [2.75, 3.05) is 5.32 Å². The molecule has 0 saturated carbocycles. The van der Waals surface area contributed by atoms with Crippen LogP contribution in [0.25, 0.3) is 18.0 Å². The molecule has 0 radical (unpaired) electrons. The first-order valence-corrected chi connectivity index (χ1v) is 11.1. The average molecular weight is 438 g/mol. The zero-order valence-corrected chi connectivity index (χ0v) is 18.0. The molecular formula is C28H18N6. The molecule has 0 atom stereocenters. The number of aromatic amines is 1. The lowest BCUT2D eigenvalue weighted by atomic mass is 10.1. The third kappa shape index (κ3) is 3.38. The third-order valence-corrected chi connectivity index (χ3v) is 5.91. The molecule has 6 nitrogen and oxygen atoms in total. The Morgan fingerprint density at radius 3 is 2.03 bits per heavy atom. The Morgan fingerprint density at radius 2 is 1.29 bits per heavy atom. The number of fused-ring (bicyclic) bond motifs is 6. The Bertz CT molecular complexity index is 1710. The molecule has 34 heavy (non-hydrogen) atoms. The van der Waals surface area contributed by atoms with Gasteiger partial charge in [-0.3, -0.25) is 0 Å². The molecule has 8 bridgehead atoms. The number of H-pyrrole nitrogens is 1. The summed E-state index contributed by atoms with van der Waals surface area (Å²) in [6, 6.07) is 10.2. The average Bonchev–Trinajstić information content (AvgIpc) is 3.64. The minimum atomic E-state index is 0.787. The van der Waals surface area contributed by atoms with E-state index in [0.29, 0.717) is 0 Å². The predicted octanol–water partition coefficient (Wildman–Crippen LogP) is 3.56. The lowest BCUT2D eigenvalue weighted by Gasteiger charge is -2.14. The van der Waals surface area contributed by atoms with Crippen LogP contribution in [0.5, 0.6) is 0 Å². The number of allylic oxidation sites excluding steroid dienone is 8. The van der Waals surface area contributed by atoms with Gasteiger partial charge in [0.1, 0.15) is 5.82 Å². The lowest BCUT2D eigenvalue weighted by Crippen LogP contribution is -2.29. The molecule has 1 aromatic carbocycles. The van der Waals surface area contributed by atoms with Crippen LogP contribution in [0.3, 0.4) is 0 Å². The lowest BCUT2D eigenvalue weighted by molar-refractivity contribution is 1.28. The molecule has 160 valence electrons. The number of anilines is 1. The quantitative estimate of drug-likeness (QED) is 0.648. The fraction of sp³-hybridized carbons (Fsp3) is 0. The first-order valence-electron chi connectivity index (χ1n) is 11.1. The van der Waals surface area contributed by atoms with E-state index in [1.807, 2.05) is 85.2 Å². The van der Waals surface area contributed by atoms with E-state index < -0.39 is 0 Å². The maximum Gasteiger partial charge on any atom is 0.139 e.